The van der Waals surface area contributed by atoms with Gasteiger partial charge in [0, 0.05) is 36.8 Å². The quantitative estimate of drug-likeness (QED) is 0.380. The fourth-order valence-corrected chi connectivity index (χ4v) is 3.41. The predicted octanol–water partition coefficient (Wildman–Crippen LogP) is 3.88. The van der Waals surface area contributed by atoms with E-state index in [4.69, 9.17) is 0 Å². The minimum atomic E-state index is 0. The first kappa shape index (κ1) is 21.8. The molecule has 2 aromatic heterocycles. The maximum atomic E-state index is 4.55. The zero-order valence-electron chi connectivity index (χ0n) is 15.5. The molecule has 0 saturated carbocycles. The van der Waals surface area contributed by atoms with Gasteiger partial charge in [-0.1, -0.05) is 19.9 Å². The number of aryl methyl sites for hydroxylation is 2. The second kappa shape index (κ2) is 10.7. The standard InChI is InChI=1S/C18H27N5S.HI/c1-12(2)16(15-7-6-8-20-9-15)10-21-18(19-5)22-11-17-23-13(3)14(4)24-17;/h6-9,12,16H,10-11H2,1-5H3,(H2,19,21,22);1H. The highest BCUT2D eigenvalue weighted by atomic mass is 127. The van der Waals surface area contributed by atoms with Crippen LogP contribution in [-0.4, -0.2) is 29.5 Å². The minimum Gasteiger partial charge on any atom is -0.356 e. The number of aromatic nitrogens is 2. The van der Waals surface area contributed by atoms with Crippen LogP contribution in [0.3, 0.4) is 0 Å². The second-order valence-electron chi connectivity index (χ2n) is 6.19. The van der Waals surface area contributed by atoms with Crippen molar-refractivity contribution >= 4 is 41.3 Å². The van der Waals surface area contributed by atoms with E-state index in [2.05, 4.69) is 52.4 Å². The molecule has 0 saturated heterocycles. The van der Waals surface area contributed by atoms with E-state index in [0.717, 1.165) is 23.2 Å². The number of nitrogens with zero attached hydrogens (tertiary/aromatic N) is 3. The monoisotopic (exact) mass is 473 g/mol. The highest BCUT2D eigenvalue weighted by Gasteiger charge is 2.16. The molecule has 2 N–H and O–H groups in total. The first-order valence-electron chi connectivity index (χ1n) is 8.28. The van der Waals surface area contributed by atoms with Gasteiger partial charge < -0.3 is 10.6 Å². The lowest BCUT2D eigenvalue weighted by atomic mass is 9.89. The van der Waals surface area contributed by atoms with E-state index in [0.29, 0.717) is 18.4 Å². The second-order valence-corrected chi connectivity index (χ2v) is 7.48. The van der Waals surface area contributed by atoms with Crippen molar-refractivity contribution in [3.63, 3.8) is 0 Å². The molecule has 1 atom stereocenters. The van der Waals surface area contributed by atoms with Crippen LogP contribution in [-0.2, 0) is 6.54 Å². The van der Waals surface area contributed by atoms with E-state index >= 15 is 0 Å². The lowest BCUT2D eigenvalue weighted by Gasteiger charge is -2.22. The highest BCUT2D eigenvalue weighted by molar-refractivity contribution is 14.0. The van der Waals surface area contributed by atoms with Gasteiger partial charge in [-0.2, -0.15) is 0 Å². The van der Waals surface area contributed by atoms with Gasteiger partial charge in [-0.05, 0) is 31.4 Å². The normalized spacial score (nSPS) is 12.6. The average Bonchev–Trinajstić information content (AvgIpc) is 2.89. The molecule has 25 heavy (non-hydrogen) atoms. The summed E-state index contributed by atoms with van der Waals surface area (Å²) in [7, 11) is 1.79. The van der Waals surface area contributed by atoms with Crippen molar-refractivity contribution in [2.24, 2.45) is 10.9 Å². The molecule has 2 rings (SSSR count). The fourth-order valence-electron chi connectivity index (χ4n) is 2.54. The first-order valence-corrected chi connectivity index (χ1v) is 9.10. The van der Waals surface area contributed by atoms with Crippen molar-refractivity contribution in [1.82, 2.24) is 20.6 Å². The van der Waals surface area contributed by atoms with E-state index in [1.165, 1.54) is 10.4 Å². The van der Waals surface area contributed by atoms with E-state index in [1.54, 1.807) is 18.4 Å². The summed E-state index contributed by atoms with van der Waals surface area (Å²) < 4.78 is 0. The molecule has 5 nitrogen and oxygen atoms in total. The predicted molar refractivity (Wildman–Crippen MR) is 117 cm³/mol. The first-order chi connectivity index (χ1) is 11.5. The van der Waals surface area contributed by atoms with Gasteiger partial charge >= 0.3 is 0 Å². The molecular formula is C18H28IN5S. The van der Waals surface area contributed by atoms with Gasteiger partial charge in [0.05, 0.1) is 12.2 Å². The topological polar surface area (TPSA) is 62.2 Å². The summed E-state index contributed by atoms with van der Waals surface area (Å²) in [4.78, 5) is 14.4. The summed E-state index contributed by atoms with van der Waals surface area (Å²) in [6, 6.07) is 4.13. The molecule has 0 bridgehead atoms. The van der Waals surface area contributed by atoms with Crippen LogP contribution in [0.25, 0.3) is 0 Å². The molecule has 2 aromatic rings. The summed E-state index contributed by atoms with van der Waals surface area (Å²) in [5.41, 5.74) is 2.36. The van der Waals surface area contributed by atoms with Crippen molar-refractivity contribution in [1.29, 1.82) is 0 Å². The molecule has 0 spiro atoms. The third kappa shape index (κ3) is 6.54. The Labute approximate surface area is 171 Å². The molecule has 138 valence electrons. The molecule has 0 aromatic carbocycles. The fraction of sp³-hybridized carbons (Fsp3) is 0.500. The lowest BCUT2D eigenvalue weighted by Crippen LogP contribution is -2.39. The number of guanidine groups is 1. The summed E-state index contributed by atoms with van der Waals surface area (Å²) in [6.45, 7) is 10.1. The van der Waals surface area contributed by atoms with Gasteiger partial charge in [0.2, 0.25) is 0 Å². The Morgan fingerprint density at radius 1 is 1.28 bits per heavy atom. The van der Waals surface area contributed by atoms with Crippen molar-refractivity contribution in [3.8, 4) is 0 Å². The van der Waals surface area contributed by atoms with E-state index in [-0.39, 0.29) is 24.0 Å². The molecule has 1 unspecified atom stereocenters. The Hall–Kier alpha value is -1.22. The largest absolute Gasteiger partial charge is 0.356 e. The Morgan fingerprint density at radius 2 is 2.04 bits per heavy atom. The molecule has 0 amide bonds. The van der Waals surface area contributed by atoms with Crippen molar-refractivity contribution in [2.75, 3.05) is 13.6 Å². The van der Waals surface area contributed by atoms with E-state index in [9.17, 15) is 0 Å². The highest BCUT2D eigenvalue weighted by Crippen LogP contribution is 2.22. The molecule has 0 fully saturated rings. The Morgan fingerprint density at radius 3 is 2.56 bits per heavy atom. The maximum Gasteiger partial charge on any atom is 0.191 e. The molecular weight excluding hydrogens is 445 g/mol. The Kier molecular flexibility index (Phi) is 9.34. The zero-order valence-corrected chi connectivity index (χ0v) is 18.7. The number of rotatable bonds is 6. The Balaban J connectivity index is 0.00000312. The van der Waals surface area contributed by atoms with Crippen LogP contribution in [0.1, 0.15) is 40.9 Å². The molecule has 0 radical (unpaired) electrons. The van der Waals surface area contributed by atoms with Crippen molar-refractivity contribution in [3.05, 3.63) is 45.7 Å². The van der Waals surface area contributed by atoms with Gasteiger partial charge in [0.1, 0.15) is 5.01 Å². The maximum absolute atomic E-state index is 4.55. The summed E-state index contributed by atoms with van der Waals surface area (Å²) >= 11 is 1.73. The molecule has 2 heterocycles. The van der Waals surface area contributed by atoms with Crippen LogP contribution in [0, 0.1) is 19.8 Å². The summed E-state index contributed by atoms with van der Waals surface area (Å²) in [5, 5.41) is 7.86. The van der Waals surface area contributed by atoms with Crippen LogP contribution in [0.4, 0.5) is 0 Å². The summed E-state index contributed by atoms with van der Waals surface area (Å²) in [6.07, 6.45) is 3.76. The van der Waals surface area contributed by atoms with Crippen molar-refractivity contribution in [2.45, 2.75) is 40.2 Å². The lowest BCUT2D eigenvalue weighted by molar-refractivity contribution is 0.487. The van der Waals surface area contributed by atoms with Crippen LogP contribution in [0.2, 0.25) is 0 Å². The third-order valence-corrected chi connectivity index (χ3v) is 5.18. The Bertz CT molecular complexity index is 650. The molecule has 0 aliphatic heterocycles. The number of halogens is 1. The zero-order chi connectivity index (χ0) is 17.5. The van der Waals surface area contributed by atoms with Crippen molar-refractivity contribution < 1.29 is 0 Å². The van der Waals surface area contributed by atoms with Crippen LogP contribution < -0.4 is 10.6 Å². The van der Waals surface area contributed by atoms with Gasteiger partial charge in [-0.15, -0.1) is 35.3 Å². The van der Waals surface area contributed by atoms with Crippen LogP contribution in [0.15, 0.2) is 29.5 Å². The number of aliphatic imine (C=N–C) groups is 1. The van der Waals surface area contributed by atoms with Crippen LogP contribution in [0.5, 0.6) is 0 Å². The third-order valence-electron chi connectivity index (χ3n) is 4.11. The molecule has 7 heteroatoms. The van der Waals surface area contributed by atoms with Crippen LogP contribution >= 0.6 is 35.3 Å². The van der Waals surface area contributed by atoms with E-state index in [1.807, 2.05) is 25.4 Å². The van der Waals surface area contributed by atoms with E-state index < -0.39 is 0 Å². The number of pyridine rings is 1. The number of nitrogens with one attached hydrogen (secondary N) is 2. The molecule has 0 aliphatic rings. The molecule has 0 aliphatic carbocycles. The minimum absolute atomic E-state index is 0. The van der Waals surface area contributed by atoms with Gasteiger partial charge in [-0.3, -0.25) is 9.98 Å². The number of thiazole rings is 1. The smallest absolute Gasteiger partial charge is 0.191 e. The SMILES string of the molecule is CN=C(NCc1nc(C)c(C)s1)NCC(c1cccnc1)C(C)C.I. The van der Waals surface area contributed by atoms with Gasteiger partial charge in [0.15, 0.2) is 5.96 Å². The van der Waals surface area contributed by atoms with Gasteiger partial charge in [-0.25, -0.2) is 4.98 Å². The average molecular weight is 473 g/mol. The number of hydrogen-bond acceptors (Lipinski definition) is 4. The summed E-state index contributed by atoms with van der Waals surface area (Å²) in [5.74, 6) is 1.71. The number of hydrogen-bond donors (Lipinski definition) is 2. The van der Waals surface area contributed by atoms with Gasteiger partial charge in [0.25, 0.3) is 0 Å².